The number of aliphatic carboxylic acids is 2. The Labute approximate surface area is 76.3 Å². The zero-order chi connectivity index (χ0) is 5.86. The van der Waals surface area contributed by atoms with Gasteiger partial charge in [-0.3, -0.25) is 9.59 Å². The van der Waals surface area contributed by atoms with E-state index in [1.165, 1.54) is 0 Å². The Morgan fingerprint density at radius 3 is 1.38 bits per heavy atom. The third-order valence-corrected chi connectivity index (χ3v) is 0.302. The number of carboxylic acid groups (broad SMARTS) is 2. The Morgan fingerprint density at radius 1 is 1.12 bits per heavy atom. The first-order valence-corrected chi connectivity index (χ1v) is 1.56. The molecule has 4 nitrogen and oxygen atoms in total. The Bertz CT molecular complexity index is 87.5. The van der Waals surface area contributed by atoms with E-state index in [-0.39, 0.29) is 38.6 Å². The first-order chi connectivity index (χ1) is 3.13. The normalized spacial score (nSPS) is 7.00. The van der Waals surface area contributed by atoms with Crippen LogP contribution in [0.25, 0.3) is 0 Å². The number of rotatable bonds is 2. The maximum absolute atomic E-state index is 9.43. The quantitative estimate of drug-likeness (QED) is 0.661. The summed E-state index contributed by atoms with van der Waals surface area (Å²) in [5, 5.41) is 15.4. The molecule has 0 saturated carbocycles. The minimum Gasteiger partial charge on any atom is -0.481 e. The summed E-state index contributed by atoms with van der Waals surface area (Å²) in [7, 11) is 0. The third kappa shape index (κ3) is 9.52. The van der Waals surface area contributed by atoms with Gasteiger partial charge in [0.15, 0.2) is 0 Å². The van der Waals surface area contributed by atoms with Crippen molar-refractivity contribution in [3.8, 4) is 0 Å². The second kappa shape index (κ2) is 5.36. The predicted molar refractivity (Wildman–Crippen MR) is 19.9 cm³/mol. The smallest absolute Gasteiger partial charge is 0.314 e. The van der Waals surface area contributed by atoms with Gasteiger partial charge in [0.2, 0.25) is 0 Å². The van der Waals surface area contributed by atoms with Crippen LogP contribution in [0.5, 0.6) is 0 Å². The number of carbonyl (C=O) groups is 2. The molecule has 0 saturated heterocycles. The predicted octanol–water partition coefficient (Wildman–Crippen LogP) is -0.454. The maximum Gasteiger partial charge on any atom is 0.314 e. The van der Waals surface area contributed by atoms with E-state index >= 15 is 0 Å². The van der Waals surface area contributed by atoms with Gasteiger partial charge in [0, 0.05) is 38.6 Å². The van der Waals surface area contributed by atoms with Crippen molar-refractivity contribution in [3.63, 3.8) is 0 Å². The third-order valence-electron chi connectivity index (χ3n) is 0.302. The molecule has 5 heteroatoms. The molecule has 0 bridgehead atoms. The zero-order valence-electron chi connectivity index (χ0n) is 3.75. The minimum atomic E-state index is -1.31. The van der Waals surface area contributed by atoms with Crippen molar-refractivity contribution < 1.29 is 58.4 Å². The maximum atomic E-state index is 9.43. The van der Waals surface area contributed by atoms with Crippen molar-refractivity contribution in [3.05, 3.63) is 0 Å². The van der Waals surface area contributed by atoms with Gasteiger partial charge in [-0.25, -0.2) is 0 Å². The van der Waals surface area contributed by atoms with Crippen LogP contribution in [0.2, 0.25) is 0 Å². The fourth-order valence-electron chi connectivity index (χ4n) is 0.129. The Kier molecular flexibility index (Phi) is 7.43. The van der Waals surface area contributed by atoms with Crippen molar-refractivity contribution in [2.75, 3.05) is 0 Å². The summed E-state index contributed by atoms with van der Waals surface area (Å²) in [6.07, 6.45) is -0.806. The topological polar surface area (TPSA) is 74.6 Å². The van der Waals surface area contributed by atoms with Crippen molar-refractivity contribution in [2.45, 2.75) is 6.42 Å². The molecular formula is C3H4O4Tb. The van der Waals surface area contributed by atoms with E-state index in [1.54, 1.807) is 0 Å². The molecule has 0 spiro atoms. The van der Waals surface area contributed by atoms with E-state index in [9.17, 15) is 9.59 Å². The van der Waals surface area contributed by atoms with Gasteiger partial charge >= 0.3 is 11.9 Å². The van der Waals surface area contributed by atoms with Crippen molar-refractivity contribution in [2.24, 2.45) is 0 Å². The van der Waals surface area contributed by atoms with Crippen LogP contribution in [-0.2, 0) is 9.59 Å². The van der Waals surface area contributed by atoms with E-state index in [0.717, 1.165) is 0 Å². The number of hydrogen-bond donors (Lipinski definition) is 2. The van der Waals surface area contributed by atoms with Crippen LogP contribution in [-0.4, -0.2) is 22.2 Å². The summed E-state index contributed by atoms with van der Waals surface area (Å²) in [6.45, 7) is 0. The van der Waals surface area contributed by atoms with Crippen molar-refractivity contribution in [1.82, 2.24) is 0 Å². The first-order valence-electron chi connectivity index (χ1n) is 1.56. The molecule has 0 aromatic heterocycles. The van der Waals surface area contributed by atoms with E-state index < -0.39 is 18.4 Å². The summed E-state index contributed by atoms with van der Waals surface area (Å²) >= 11 is 0. The molecule has 0 unspecified atom stereocenters. The van der Waals surface area contributed by atoms with Crippen LogP contribution < -0.4 is 0 Å². The zero-order valence-corrected chi connectivity index (χ0v) is 5.89. The minimum absolute atomic E-state index is 0. The Morgan fingerprint density at radius 2 is 1.38 bits per heavy atom. The summed E-state index contributed by atoms with van der Waals surface area (Å²) < 4.78 is 0. The van der Waals surface area contributed by atoms with Crippen molar-refractivity contribution in [1.29, 1.82) is 0 Å². The standard InChI is InChI=1S/C3H4O4.Tb/c4-2(5)1-3(6)7;/h1H2,(H,4,5)(H,6,7);. The van der Waals surface area contributed by atoms with Crippen molar-refractivity contribution >= 4 is 11.9 Å². The van der Waals surface area contributed by atoms with Gasteiger partial charge in [-0.1, -0.05) is 0 Å². The van der Waals surface area contributed by atoms with Gasteiger partial charge < -0.3 is 10.2 Å². The number of carboxylic acids is 2. The average molecular weight is 263 g/mol. The Balaban J connectivity index is 0. The summed E-state index contributed by atoms with van der Waals surface area (Å²) in [5.74, 6) is -2.62. The Hall–Kier alpha value is 0.226. The van der Waals surface area contributed by atoms with Gasteiger partial charge in [-0.15, -0.1) is 0 Å². The van der Waals surface area contributed by atoms with Gasteiger partial charge in [-0.05, 0) is 0 Å². The fourth-order valence-corrected chi connectivity index (χ4v) is 0.129. The molecule has 0 aliphatic rings. The van der Waals surface area contributed by atoms with Gasteiger partial charge in [0.25, 0.3) is 0 Å². The van der Waals surface area contributed by atoms with Gasteiger partial charge in [0.1, 0.15) is 6.42 Å². The average Bonchev–Trinajstić information content (AvgIpc) is 1.27. The monoisotopic (exact) mass is 263 g/mol. The summed E-state index contributed by atoms with van der Waals surface area (Å²) in [4.78, 5) is 18.9. The molecule has 0 rings (SSSR count). The molecule has 0 atom stereocenters. The molecule has 1 radical (unpaired) electrons. The molecule has 8 heavy (non-hydrogen) atoms. The first kappa shape index (κ1) is 11.1. The van der Waals surface area contributed by atoms with E-state index in [0.29, 0.717) is 0 Å². The van der Waals surface area contributed by atoms with Crippen LogP contribution in [0.4, 0.5) is 0 Å². The number of hydrogen-bond acceptors (Lipinski definition) is 2. The van der Waals surface area contributed by atoms with E-state index in [4.69, 9.17) is 10.2 Å². The molecular weight excluding hydrogens is 259 g/mol. The van der Waals surface area contributed by atoms with Gasteiger partial charge in [-0.2, -0.15) is 0 Å². The molecule has 0 aliphatic carbocycles. The largest absolute Gasteiger partial charge is 0.481 e. The summed E-state index contributed by atoms with van der Waals surface area (Å²) in [5.41, 5.74) is 0. The molecule has 49 valence electrons. The molecule has 0 aromatic carbocycles. The molecule has 0 amide bonds. The second-order valence-corrected chi connectivity index (χ2v) is 0.964. The van der Waals surface area contributed by atoms with Crippen LogP contribution in [0.3, 0.4) is 0 Å². The SMILES string of the molecule is O=C(O)CC(=O)O.[Tb]. The molecule has 0 aromatic rings. The molecule has 0 heterocycles. The van der Waals surface area contributed by atoms with Crippen LogP contribution in [0, 0.1) is 38.6 Å². The molecule has 2 N–H and O–H groups in total. The van der Waals surface area contributed by atoms with Gasteiger partial charge in [0.05, 0.1) is 0 Å². The molecule has 0 fully saturated rings. The van der Waals surface area contributed by atoms with Crippen LogP contribution >= 0.6 is 0 Å². The van der Waals surface area contributed by atoms with Crippen LogP contribution in [0.1, 0.15) is 6.42 Å². The summed E-state index contributed by atoms with van der Waals surface area (Å²) in [6, 6.07) is 0. The second-order valence-electron chi connectivity index (χ2n) is 0.964. The fraction of sp³-hybridized carbons (Fsp3) is 0.333. The van der Waals surface area contributed by atoms with E-state index in [1.807, 2.05) is 0 Å². The molecule has 0 aliphatic heterocycles. The van der Waals surface area contributed by atoms with E-state index in [2.05, 4.69) is 0 Å². The van der Waals surface area contributed by atoms with Crippen LogP contribution in [0.15, 0.2) is 0 Å².